The van der Waals surface area contributed by atoms with Gasteiger partial charge in [0, 0.05) is 25.4 Å². The number of ether oxygens (including phenoxy) is 1. The number of likely N-dealkylation sites (tertiary alicyclic amines) is 1. The molecule has 0 aromatic carbocycles. The molecule has 0 radical (unpaired) electrons. The summed E-state index contributed by atoms with van der Waals surface area (Å²) in [5, 5.41) is 0. The summed E-state index contributed by atoms with van der Waals surface area (Å²) in [5.41, 5.74) is 0. The van der Waals surface area contributed by atoms with E-state index in [1.54, 1.807) is 4.90 Å². The molecule has 0 N–H and O–H groups in total. The summed E-state index contributed by atoms with van der Waals surface area (Å²) in [7, 11) is 1.39. The molecule has 5 heteroatoms. The highest BCUT2D eigenvalue weighted by molar-refractivity contribution is 6.17. The number of amides is 1. The summed E-state index contributed by atoms with van der Waals surface area (Å²) >= 11 is 5.54. The van der Waals surface area contributed by atoms with Gasteiger partial charge in [-0.3, -0.25) is 9.59 Å². The summed E-state index contributed by atoms with van der Waals surface area (Å²) in [4.78, 5) is 24.8. The fourth-order valence-corrected chi connectivity index (χ4v) is 2.07. The molecule has 1 fully saturated rings. The first-order chi connectivity index (χ1) is 7.69. The Kier molecular flexibility index (Phi) is 5.60. The van der Waals surface area contributed by atoms with Gasteiger partial charge in [-0.2, -0.15) is 0 Å². The molecule has 0 saturated carbocycles. The fraction of sp³-hybridized carbons (Fsp3) is 0.818. The Hall–Kier alpha value is -0.770. The van der Waals surface area contributed by atoms with Crippen LogP contribution in [0.3, 0.4) is 0 Å². The van der Waals surface area contributed by atoms with E-state index in [2.05, 4.69) is 0 Å². The summed E-state index contributed by atoms with van der Waals surface area (Å²) in [6, 6.07) is 0. The number of hydrogen-bond acceptors (Lipinski definition) is 3. The molecule has 1 amide bonds. The largest absolute Gasteiger partial charge is 0.469 e. The van der Waals surface area contributed by atoms with Crippen molar-refractivity contribution in [3.8, 4) is 0 Å². The quantitative estimate of drug-likeness (QED) is 0.558. The monoisotopic (exact) mass is 247 g/mol. The van der Waals surface area contributed by atoms with Crippen molar-refractivity contribution in [3.05, 3.63) is 0 Å². The molecule has 1 rings (SSSR count). The Bertz CT molecular complexity index is 258. The van der Waals surface area contributed by atoms with Gasteiger partial charge < -0.3 is 9.64 Å². The van der Waals surface area contributed by atoms with Crippen molar-refractivity contribution >= 4 is 23.5 Å². The van der Waals surface area contributed by atoms with Crippen LogP contribution >= 0.6 is 11.6 Å². The van der Waals surface area contributed by atoms with E-state index in [0.29, 0.717) is 25.3 Å². The lowest BCUT2D eigenvalue weighted by Crippen LogP contribution is -2.42. The van der Waals surface area contributed by atoms with E-state index in [1.807, 2.05) is 0 Å². The van der Waals surface area contributed by atoms with Crippen LogP contribution in [-0.4, -0.2) is 42.9 Å². The van der Waals surface area contributed by atoms with Crippen LogP contribution < -0.4 is 0 Å². The van der Waals surface area contributed by atoms with Gasteiger partial charge in [0.1, 0.15) is 0 Å². The van der Waals surface area contributed by atoms with E-state index < -0.39 is 0 Å². The molecule has 1 heterocycles. The highest BCUT2D eigenvalue weighted by Crippen LogP contribution is 2.18. The highest BCUT2D eigenvalue weighted by atomic mass is 35.5. The highest BCUT2D eigenvalue weighted by Gasteiger charge is 2.28. The Labute approximate surface area is 101 Å². The first kappa shape index (κ1) is 13.3. The van der Waals surface area contributed by atoms with Crippen molar-refractivity contribution in [3.63, 3.8) is 0 Å². The van der Waals surface area contributed by atoms with Crippen LogP contribution in [-0.2, 0) is 14.3 Å². The van der Waals surface area contributed by atoms with Crippen molar-refractivity contribution in [2.24, 2.45) is 5.92 Å². The van der Waals surface area contributed by atoms with Crippen molar-refractivity contribution in [2.75, 3.05) is 26.1 Å². The lowest BCUT2D eigenvalue weighted by Gasteiger charge is -2.31. The second-order valence-corrected chi connectivity index (χ2v) is 4.37. The standard InChI is InChI=1S/C11H18ClNO3/c1-16-11(15)9-4-3-7-13(8-9)10(14)5-2-6-12/h9H,2-8H2,1H3. The van der Waals surface area contributed by atoms with Gasteiger partial charge >= 0.3 is 5.97 Å². The molecular weight excluding hydrogens is 230 g/mol. The number of piperidine rings is 1. The molecule has 1 saturated heterocycles. The van der Waals surface area contributed by atoms with Crippen LogP contribution in [0.4, 0.5) is 0 Å². The number of rotatable bonds is 4. The lowest BCUT2D eigenvalue weighted by molar-refractivity contribution is -0.149. The molecule has 1 unspecified atom stereocenters. The third-order valence-electron chi connectivity index (χ3n) is 2.83. The molecule has 0 spiro atoms. The van der Waals surface area contributed by atoms with Crippen molar-refractivity contribution in [1.82, 2.24) is 4.90 Å². The Balaban J connectivity index is 2.43. The van der Waals surface area contributed by atoms with Crippen LogP contribution in [0.2, 0.25) is 0 Å². The van der Waals surface area contributed by atoms with Gasteiger partial charge in [0.2, 0.25) is 5.91 Å². The van der Waals surface area contributed by atoms with Gasteiger partial charge in [-0.05, 0) is 19.3 Å². The Morgan fingerprint density at radius 1 is 1.50 bits per heavy atom. The first-order valence-electron chi connectivity index (χ1n) is 5.60. The zero-order valence-corrected chi connectivity index (χ0v) is 10.3. The van der Waals surface area contributed by atoms with Crippen LogP contribution in [0.15, 0.2) is 0 Å². The predicted octanol–water partition coefficient (Wildman–Crippen LogP) is 1.42. The van der Waals surface area contributed by atoms with Gasteiger partial charge in [0.05, 0.1) is 13.0 Å². The molecule has 1 aliphatic rings. The van der Waals surface area contributed by atoms with Crippen molar-refractivity contribution in [1.29, 1.82) is 0 Å². The molecule has 16 heavy (non-hydrogen) atoms. The Morgan fingerprint density at radius 3 is 2.88 bits per heavy atom. The molecular formula is C11H18ClNO3. The smallest absolute Gasteiger partial charge is 0.310 e. The average Bonchev–Trinajstić information content (AvgIpc) is 2.35. The molecule has 0 aromatic rings. The maximum absolute atomic E-state index is 11.7. The molecule has 1 aliphatic heterocycles. The summed E-state index contributed by atoms with van der Waals surface area (Å²) in [5.74, 6) is 0.225. The van der Waals surface area contributed by atoms with Crippen LogP contribution in [0, 0.1) is 5.92 Å². The zero-order valence-electron chi connectivity index (χ0n) is 9.58. The molecule has 92 valence electrons. The van der Waals surface area contributed by atoms with E-state index in [0.717, 1.165) is 19.4 Å². The minimum absolute atomic E-state index is 0.0919. The predicted molar refractivity (Wildman–Crippen MR) is 61.3 cm³/mol. The van der Waals surface area contributed by atoms with E-state index >= 15 is 0 Å². The number of hydrogen-bond donors (Lipinski definition) is 0. The van der Waals surface area contributed by atoms with E-state index in [-0.39, 0.29) is 17.8 Å². The minimum atomic E-state index is -0.213. The van der Waals surface area contributed by atoms with E-state index in [9.17, 15) is 9.59 Å². The first-order valence-corrected chi connectivity index (χ1v) is 6.14. The number of halogens is 1. The maximum Gasteiger partial charge on any atom is 0.310 e. The SMILES string of the molecule is COC(=O)C1CCCN(C(=O)CCCCl)C1. The summed E-state index contributed by atoms with van der Waals surface area (Å²) in [6.07, 6.45) is 2.84. The average molecular weight is 248 g/mol. The second-order valence-electron chi connectivity index (χ2n) is 3.99. The summed E-state index contributed by atoms with van der Waals surface area (Å²) in [6.45, 7) is 1.24. The van der Waals surface area contributed by atoms with Gasteiger partial charge in [-0.15, -0.1) is 11.6 Å². The number of alkyl halides is 1. The molecule has 0 aromatic heterocycles. The third-order valence-corrected chi connectivity index (χ3v) is 3.10. The van der Waals surface area contributed by atoms with Gasteiger partial charge in [-0.1, -0.05) is 0 Å². The fourth-order valence-electron chi connectivity index (χ4n) is 1.94. The number of methoxy groups -OCH3 is 1. The van der Waals surface area contributed by atoms with Crippen LogP contribution in [0.25, 0.3) is 0 Å². The number of carbonyl (C=O) groups excluding carboxylic acids is 2. The second kappa shape index (κ2) is 6.74. The molecule has 0 bridgehead atoms. The van der Waals surface area contributed by atoms with Crippen molar-refractivity contribution in [2.45, 2.75) is 25.7 Å². The van der Waals surface area contributed by atoms with Gasteiger partial charge in [-0.25, -0.2) is 0 Å². The van der Waals surface area contributed by atoms with Crippen LogP contribution in [0.1, 0.15) is 25.7 Å². The summed E-state index contributed by atoms with van der Waals surface area (Å²) < 4.78 is 4.70. The van der Waals surface area contributed by atoms with Crippen LogP contribution in [0.5, 0.6) is 0 Å². The third kappa shape index (κ3) is 3.67. The number of esters is 1. The minimum Gasteiger partial charge on any atom is -0.469 e. The van der Waals surface area contributed by atoms with Gasteiger partial charge in [0.25, 0.3) is 0 Å². The molecule has 1 atom stereocenters. The normalized spacial score (nSPS) is 20.6. The molecule has 4 nitrogen and oxygen atoms in total. The maximum atomic E-state index is 11.7. The number of carbonyl (C=O) groups is 2. The lowest BCUT2D eigenvalue weighted by atomic mass is 9.98. The van der Waals surface area contributed by atoms with Gasteiger partial charge in [0.15, 0.2) is 0 Å². The Morgan fingerprint density at radius 2 is 2.25 bits per heavy atom. The topological polar surface area (TPSA) is 46.6 Å². The molecule has 0 aliphatic carbocycles. The van der Waals surface area contributed by atoms with E-state index in [1.165, 1.54) is 7.11 Å². The number of nitrogens with zero attached hydrogens (tertiary/aromatic N) is 1. The van der Waals surface area contributed by atoms with E-state index in [4.69, 9.17) is 16.3 Å². The van der Waals surface area contributed by atoms with Crippen molar-refractivity contribution < 1.29 is 14.3 Å². The zero-order chi connectivity index (χ0) is 12.0.